The summed E-state index contributed by atoms with van der Waals surface area (Å²) in [7, 11) is 0. The first-order chi connectivity index (χ1) is 6.09. The molecule has 0 aromatic heterocycles. The average Bonchev–Trinajstić information content (AvgIpc) is 2.04. The maximum Gasteiger partial charge on any atom is 0.118 e. The second-order valence-corrected chi connectivity index (χ2v) is 4.15. The summed E-state index contributed by atoms with van der Waals surface area (Å²) in [5.41, 5.74) is 1.38. The molecular weight excluding hydrogens is 160 g/mol. The molecule has 0 unspecified atom stereocenters. The Bertz CT molecular complexity index is 234. The Morgan fingerprint density at radius 2 is 2.15 bits per heavy atom. The third kappa shape index (κ3) is 2.61. The van der Waals surface area contributed by atoms with E-state index in [1.54, 1.807) is 0 Å². The Balaban J connectivity index is 2.81. The summed E-state index contributed by atoms with van der Waals surface area (Å²) >= 11 is 0. The molecule has 0 N–H and O–H groups in total. The summed E-state index contributed by atoms with van der Waals surface area (Å²) in [6, 6.07) is 0. The van der Waals surface area contributed by atoms with Crippen molar-refractivity contribution in [1.29, 1.82) is 0 Å². The molecule has 1 heteroatoms. The minimum atomic E-state index is 0.0213. The molecule has 1 aliphatic heterocycles. The summed E-state index contributed by atoms with van der Waals surface area (Å²) in [6.07, 6.45) is 7.65. The van der Waals surface area contributed by atoms with Gasteiger partial charge in [-0.3, -0.25) is 0 Å². The molecule has 0 spiro atoms. The molecular formula is C12H20O. The van der Waals surface area contributed by atoms with Crippen LogP contribution in [0.2, 0.25) is 0 Å². The summed E-state index contributed by atoms with van der Waals surface area (Å²) in [5.74, 6) is 1.10. The van der Waals surface area contributed by atoms with Crippen molar-refractivity contribution in [3.8, 4) is 0 Å². The summed E-state index contributed by atoms with van der Waals surface area (Å²) < 4.78 is 5.91. The number of rotatable bonds is 1. The Hall–Kier alpha value is -0.720. The molecule has 1 fully saturated rings. The minimum absolute atomic E-state index is 0.0213. The summed E-state index contributed by atoms with van der Waals surface area (Å²) in [5, 5.41) is 0. The number of hydrogen-bond acceptors (Lipinski definition) is 1. The van der Waals surface area contributed by atoms with E-state index in [0.717, 1.165) is 25.0 Å². The van der Waals surface area contributed by atoms with Gasteiger partial charge in [-0.05, 0) is 51.7 Å². The normalized spacial score (nSPS) is 27.7. The highest BCUT2D eigenvalue weighted by molar-refractivity contribution is 5.28. The Kier molecular flexibility index (Phi) is 3.18. The SMILES string of the molecule is C/C=C1/CCC(C)(C)O/C1=C/CC. The van der Waals surface area contributed by atoms with Gasteiger partial charge in [0.25, 0.3) is 0 Å². The van der Waals surface area contributed by atoms with E-state index in [9.17, 15) is 0 Å². The van der Waals surface area contributed by atoms with Gasteiger partial charge in [-0.15, -0.1) is 0 Å². The molecule has 0 atom stereocenters. The van der Waals surface area contributed by atoms with E-state index < -0.39 is 0 Å². The van der Waals surface area contributed by atoms with Crippen molar-refractivity contribution in [3.05, 3.63) is 23.5 Å². The van der Waals surface area contributed by atoms with E-state index in [1.807, 2.05) is 0 Å². The molecule has 74 valence electrons. The Labute approximate surface area is 81.5 Å². The van der Waals surface area contributed by atoms with Gasteiger partial charge >= 0.3 is 0 Å². The monoisotopic (exact) mass is 180 g/mol. The van der Waals surface area contributed by atoms with E-state index >= 15 is 0 Å². The first-order valence-electron chi connectivity index (χ1n) is 5.14. The third-order valence-electron chi connectivity index (χ3n) is 2.44. The van der Waals surface area contributed by atoms with Crippen LogP contribution in [-0.4, -0.2) is 5.60 Å². The molecule has 1 heterocycles. The van der Waals surface area contributed by atoms with Gasteiger partial charge in [0.15, 0.2) is 0 Å². The minimum Gasteiger partial charge on any atom is -0.488 e. The van der Waals surface area contributed by atoms with Crippen molar-refractivity contribution in [2.45, 2.75) is 52.6 Å². The van der Waals surface area contributed by atoms with E-state index in [4.69, 9.17) is 4.74 Å². The molecule has 1 nitrogen and oxygen atoms in total. The Morgan fingerprint density at radius 3 is 2.69 bits per heavy atom. The van der Waals surface area contributed by atoms with Crippen LogP contribution < -0.4 is 0 Å². The first-order valence-corrected chi connectivity index (χ1v) is 5.14. The number of ether oxygens (including phenoxy) is 1. The van der Waals surface area contributed by atoms with Gasteiger partial charge in [0, 0.05) is 0 Å². The molecule has 1 saturated heterocycles. The van der Waals surface area contributed by atoms with E-state index in [-0.39, 0.29) is 5.60 Å². The molecule has 0 saturated carbocycles. The molecule has 0 radical (unpaired) electrons. The van der Waals surface area contributed by atoms with Crippen molar-refractivity contribution in [2.24, 2.45) is 0 Å². The fourth-order valence-corrected chi connectivity index (χ4v) is 1.62. The molecule has 1 rings (SSSR count). The lowest BCUT2D eigenvalue weighted by atomic mass is 9.93. The van der Waals surface area contributed by atoms with Crippen LogP contribution in [0.1, 0.15) is 47.0 Å². The topological polar surface area (TPSA) is 9.23 Å². The standard InChI is InChI=1S/C12H20O/c1-5-7-11-10(6-2)8-9-12(3,4)13-11/h6-7H,5,8-9H2,1-4H3/b10-6-,11-7+. The van der Waals surface area contributed by atoms with Crippen LogP contribution in [0.5, 0.6) is 0 Å². The van der Waals surface area contributed by atoms with Gasteiger partial charge in [0.2, 0.25) is 0 Å². The molecule has 0 aromatic carbocycles. The molecule has 0 aromatic rings. The van der Waals surface area contributed by atoms with Crippen molar-refractivity contribution in [1.82, 2.24) is 0 Å². The zero-order chi connectivity index (χ0) is 9.90. The molecule has 0 bridgehead atoms. The maximum absolute atomic E-state index is 5.91. The predicted octanol–water partition coefficient (Wildman–Crippen LogP) is 3.82. The maximum atomic E-state index is 5.91. The second kappa shape index (κ2) is 3.99. The lowest BCUT2D eigenvalue weighted by molar-refractivity contribution is 0.0150. The van der Waals surface area contributed by atoms with Crippen molar-refractivity contribution in [3.63, 3.8) is 0 Å². The van der Waals surface area contributed by atoms with Crippen molar-refractivity contribution in [2.75, 3.05) is 0 Å². The zero-order valence-corrected chi connectivity index (χ0v) is 9.18. The largest absolute Gasteiger partial charge is 0.488 e. The van der Waals surface area contributed by atoms with Gasteiger partial charge in [0.05, 0.1) is 0 Å². The molecule has 0 aliphatic carbocycles. The lowest BCUT2D eigenvalue weighted by Gasteiger charge is -2.34. The summed E-state index contributed by atoms with van der Waals surface area (Å²) in [4.78, 5) is 0. The van der Waals surface area contributed by atoms with Gasteiger partial charge in [-0.2, -0.15) is 0 Å². The van der Waals surface area contributed by atoms with E-state index in [1.165, 1.54) is 5.57 Å². The number of hydrogen-bond donors (Lipinski definition) is 0. The fraction of sp³-hybridized carbons (Fsp3) is 0.667. The first kappa shape index (κ1) is 10.4. The highest BCUT2D eigenvalue weighted by Crippen LogP contribution is 2.34. The quantitative estimate of drug-likeness (QED) is 0.596. The van der Waals surface area contributed by atoms with Crippen LogP contribution in [0.15, 0.2) is 23.5 Å². The highest BCUT2D eigenvalue weighted by atomic mass is 16.5. The van der Waals surface area contributed by atoms with Crippen LogP contribution in [0.25, 0.3) is 0 Å². The summed E-state index contributed by atoms with van der Waals surface area (Å²) in [6.45, 7) is 8.54. The van der Waals surface area contributed by atoms with E-state index in [0.29, 0.717) is 0 Å². The highest BCUT2D eigenvalue weighted by Gasteiger charge is 2.27. The predicted molar refractivity (Wildman–Crippen MR) is 56.5 cm³/mol. The average molecular weight is 180 g/mol. The van der Waals surface area contributed by atoms with Gasteiger partial charge in [0.1, 0.15) is 11.4 Å². The fourth-order valence-electron chi connectivity index (χ4n) is 1.62. The second-order valence-electron chi connectivity index (χ2n) is 4.15. The van der Waals surface area contributed by atoms with Gasteiger partial charge in [-0.1, -0.05) is 13.0 Å². The third-order valence-corrected chi connectivity index (χ3v) is 2.44. The van der Waals surface area contributed by atoms with Crippen molar-refractivity contribution < 1.29 is 4.74 Å². The van der Waals surface area contributed by atoms with Crippen LogP contribution in [0, 0.1) is 0 Å². The van der Waals surface area contributed by atoms with Crippen LogP contribution in [0.4, 0.5) is 0 Å². The van der Waals surface area contributed by atoms with Crippen LogP contribution in [0.3, 0.4) is 0 Å². The van der Waals surface area contributed by atoms with Crippen LogP contribution in [-0.2, 0) is 4.74 Å². The molecule has 1 aliphatic rings. The van der Waals surface area contributed by atoms with E-state index in [2.05, 4.69) is 39.8 Å². The molecule has 13 heavy (non-hydrogen) atoms. The lowest BCUT2D eigenvalue weighted by Crippen LogP contribution is -2.28. The molecule has 0 amide bonds. The smallest absolute Gasteiger partial charge is 0.118 e. The van der Waals surface area contributed by atoms with Gasteiger partial charge in [-0.25, -0.2) is 0 Å². The zero-order valence-electron chi connectivity index (χ0n) is 9.18. The van der Waals surface area contributed by atoms with Gasteiger partial charge < -0.3 is 4.74 Å². The van der Waals surface area contributed by atoms with Crippen molar-refractivity contribution >= 4 is 0 Å². The Morgan fingerprint density at radius 1 is 1.46 bits per heavy atom. The number of allylic oxidation sites excluding steroid dienone is 3. The van der Waals surface area contributed by atoms with Crippen LogP contribution >= 0.6 is 0 Å².